The molecule has 0 aliphatic carbocycles. The van der Waals surface area contributed by atoms with Crippen molar-refractivity contribution in [3.63, 3.8) is 0 Å². The Morgan fingerprint density at radius 1 is 0.545 bits per heavy atom. The zero-order valence-corrected chi connectivity index (χ0v) is 11.2. The van der Waals surface area contributed by atoms with Gasteiger partial charge >= 0.3 is 11.0 Å². The highest BCUT2D eigenvalue weighted by molar-refractivity contribution is 8.17. The highest BCUT2D eigenvalue weighted by atomic mass is 32.2. The molecule has 0 N–H and O–H groups in total. The monoisotopic (exact) mass is 382 g/mol. The van der Waals surface area contributed by atoms with Gasteiger partial charge in [-0.2, -0.15) is 26.3 Å². The number of halogens is 11. The molecule has 0 saturated heterocycles. The standard InChI is InChI=1S/C9HF11S2/c10-2-1(3(11)5(13)6(14)4(2)12)7(21-8(15,16)17)22-9(18,19)20/h7H. The van der Waals surface area contributed by atoms with Crippen LogP contribution < -0.4 is 0 Å². The Morgan fingerprint density at radius 2 is 0.818 bits per heavy atom. The van der Waals surface area contributed by atoms with Crippen molar-refractivity contribution in [3.05, 3.63) is 34.6 Å². The predicted molar refractivity (Wildman–Crippen MR) is 56.3 cm³/mol. The average molecular weight is 382 g/mol. The minimum absolute atomic E-state index is 1.56. The number of hydrogen-bond acceptors (Lipinski definition) is 2. The third-order valence-corrected chi connectivity index (χ3v) is 3.97. The molecule has 0 bridgehead atoms. The molecule has 22 heavy (non-hydrogen) atoms. The van der Waals surface area contributed by atoms with E-state index < -0.39 is 73.8 Å². The molecule has 0 atom stereocenters. The molecule has 1 rings (SSSR count). The van der Waals surface area contributed by atoms with Gasteiger partial charge in [0.25, 0.3) is 0 Å². The van der Waals surface area contributed by atoms with Crippen molar-refractivity contribution in [2.24, 2.45) is 0 Å². The van der Waals surface area contributed by atoms with Crippen LogP contribution in [0.5, 0.6) is 0 Å². The highest BCUT2D eigenvalue weighted by Gasteiger charge is 2.44. The first kappa shape index (κ1) is 19.2. The summed E-state index contributed by atoms with van der Waals surface area (Å²) in [5, 5.41) is 0. The molecule has 0 fully saturated rings. The fourth-order valence-corrected chi connectivity index (χ4v) is 3.20. The van der Waals surface area contributed by atoms with E-state index >= 15 is 0 Å². The second-order valence-corrected chi connectivity index (χ2v) is 6.08. The van der Waals surface area contributed by atoms with Gasteiger partial charge < -0.3 is 0 Å². The predicted octanol–water partition coefficient (Wildman–Crippen LogP) is 5.89. The van der Waals surface area contributed by atoms with E-state index in [0.29, 0.717) is 0 Å². The van der Waals surface area contributed by atoms with Crippen molar-refractivity contribution in [1.29, 1.82) is 0 Å². The maximum Gasteiger partial charge on any atom is 0.443 e. The molecule has 1 aromatic rings. The van der Waals surface area contributed by atoms with Crippen molar-refractivity contribution in [2.75, 3.05) is 0 Å². The Bertz CT molecular complexity index is 517. The van der Waals surface area contributed by atoms with Crippen molar-refractivity contribution in [3.8, 4) is 0 Å². The van der Waals surface area contributed by atoms with Crippen LogP contribution in [0.2, 0.25) is 0 Å². The largest absolute Gasteiger partial charge is 0.443 e. The summed E-state index contributed by atoms with van der Waals surface area (Å²) in [6.07, 6.45) is 0. The Kier molecular flexibility index (Phi) is 5.53. The van der Waals surface area contributed by atoms with Gasteiger partial charge in [0.2, 0.25) is 5.82 Å². The molecule has 0 amide bonds. The number of benzene rings is 1. The van der Waals surface area contributed by atoms with E-state index in [1.165, 1.54) is 0 Å². The zero-order valence-electron chi connectivity index (χ0n) is 9.55. The summed E-state index contributed by atoms with van der Waals surface area (Å²) in [4.78, 5) is 0. The lowest BCUT2D eigenvalue weighted by Crippen LogP contribution is -2.15. The summed E-state index contributed by atoms with van der Waals surface area (Å²) in [5.74, 6) is -13.5. The number of thioether (sulfide) groups is 2. The van der Waals surface area contributed by atoms with Crippen LogP contribution in [-0.2, 0) is 0 Å². The first-order chi connectivity index (χ1) is 9.74. The van der Waals surface area contributed by atoms with Crippen LogP contribution in [0.4, 0.5) is 48.3 Å². The van der Waals surface area contributed by atoms with Gasteiger partial charge in [-0.1, -0.05) is 0 Å². The van der Waals surface area contributed by atoms with Gasteiger partial charge in [-0.15, -0.1) is 0 Å². The van der Waals surface area contributed by atoms with Crippen LogP contribution in [0, 0.1) is 29.1 Å². The third-order valence-electron chi connectivity index (χ3n) is 1.96. The van der Waals surface area contributed by atoms with E-state index in [0.717, 1.165) is 0 Å². The fraction of sp³-hybridized carbons (Fsp3) is 0.333. The van der Waals surface area contributed by atoms with E-state index in [1.807, 2.05) is 0 Å². The van der Waals surface area contributed by atoms with E-state index in [-0.39, 0.29) is 0 Å². The summed E-state index contributed by atoms with van der Waals surface area (Å²) < 4.78 is 135. The van der Waals surface area contributed by atoms with Crippen molar-refractivity contribution < 1.29 is 48.3 Å². The Hall–Kier alpha value is -0.850. The van der Waals surface area contributed by atoms with Gasteiger partial charge in [0.15, 0.2) is 23.3 Å². The van der Waals surface area contributed by atoms with Crippen LogP contribution >= 0.6 is 23.5 Å². The maximum absolute atomic E-state index is 13.3. The number of rotatable bonds is 3. The van der Waals surface area contributed by atoms with Crippen LogP contribution in [0.15, 0.2) is 0 Å². The van der Waals surface area contributed by atoms with Crippen LogP contribution in [0.1, 0.15) is 10.1 Å². The molecule has 0 radical (unpaired) electrons. The van der Waals surface area contributed by atoms with E-state index in [1.54, 1.807) is 0 Å². The van der Waals surface area contributed by atoms with E-state index in [9.17, 15) is 48.3 Å². The molecule has 0 aliphatic heterocycles. The van der Waals surface area contributed by atoms with Crippen LogP contribution in [0.25, 0.3) is 0 Å². The first-order valence-corrected chi connectivity index (χ1v) is 6.51. The van der Waals surface area contributed by atoms with Gasteiger partial charge in [0, 0.05) is 0 Å². The van der Waals surface area contributed by atoms with Crippen molar-refractivity contribution in [1.82, 2.24) is 0 Å². The minimum atomic E-state index is -5.41. The quantitative estimate of drug-likeness (QED) is 0.277. The summed E-state index contributed by atoms with van der Waals surface area (Å²) in [6.45, 7) is 0. The minimum Gasteiger partial charge on any atom is -0.203 e. The molecule has 126 valence electrons. The number of hydrogen-bond donors (Lipinski definition) is 0. The topological polar surface area (TPSA) is 0 Å². The molecule has 0 heterocycles. The molecular weight excluding hydrogens is 381 g/mol. The maximum atomic E-state index is 13.3. The lowest BCUT2D eigenvalue weighted by Gasteiger charge is -2.20. The molecule has 0 aromatic heterocycles. The normalized spacial score (nSPS) is 13.1. The molecule has 0 aliphatic rings. The fourth-order valence-electron chi connectivity index (χ4n) is 1.21. The molecule has 0 unspecified atom stereocenters. The van der Waals surface area contributed by atoms with Crippen LogP contribution in [0.3, 0.4) is 0 Å². The molecule has 0 saturated carbocycles. The Balaban J connectivity index is 3.49. The molecule has 1 aromatic carbocycles. The van der Waals surface area contributed by atoms with Gasteiger partial charge in [0.05, 0.1) is 10.1 Å². The Morgan fingerprint density at radius 3 is 1.09 bits per heavy atom. The summed E-state index contributed by atoms with van der Waals surface area (Å²) >= 11 is -3.12. The van der Waals surface area contributed by atoms with Gasteiger partial charge in [-0.05, 0) is 23.5 Å². The van der Waals surface area contributed by atoms with Crippen molar-refractivity contribution >= 4 is 23.5 Å². The first-order valence-electron chi connectivity index (χ1n) is 4.75. The Labute approximate surface area is 123 Å². The lowest BCUT2D eigenvalue weighted by molar-refractivity contribution is -0.0346. The lowest BCUT2D eigenvalue weighted by atomic mass is 10.2. The van der Waals surface area contributed by atoms with Gasteiger partial charge in [-0.25, -0.2) is 22.0 Å². The molecular formula is C9HF11S2. The van der Waals surface area contributed by atoms with Crippen LogP contribution in [-0.4, -0.2) is 11.0 Å². The van der Waals surface area contributed by atoms with E-state index in [4.69, 9.17) is 0 Å². The third kappa shape index (κ3) is 4.57. The summed E-state index contributed by atoms with van der Waals surface area (Å²) in [6, 6.07) is 0. The SMILES string of the molecule is Fc1c(F)c(F)c(C(SC(F)(F)F)SC(F)(F)F)c(F)c1F. The van der Waals surface area contributed by atoms with E-state index in [2.05, 4.69) is 0 Å². The second-order valence-electron chi connectivity index (χ2n) is 3.44. The van der Waals surface area contributed by atoms with Crippen molar-refractivity contribution in [2.45, 2.75) is 15.6 Å². The van der Waals surface area contributed by atoms with Gasteiger partial charge in [-0.3, -0.25) is 0 Å². The average Bonchev–Trinajstić information content (AvgIpc) is 2.30. The molecule has 0 nitrogen and oxygen atoms in total. The smallest absolute Gasteiger partial charge is 0.203 e. The summed E-state index contributed by atoms with van der Waals surface area (Å²) in [7, 11) is 0. The molecule has 0 spiro atoms. The van der Waals surface area contributed by atoms with Gasteiger partial charge in [0.1, 0.15) is 0 Å². The molecule has 13 heteroatoms. The summed E-state index contributed by atoms with van der Waals surface area (Å²) in [5.41, 5.74) is -13.0. The zero-order chi connectivity index (χ0) is 17.5. The highest BCUT2D eigenvalue weighted by Crippen LogP contribution is 2.55. The number of alkyl halides is 6. The second kappa shape index (κ2) is 6.34.